The first-order chi connectivity index (χ1) is 7.28. The van der Waals surface area contributed by atoms with Crippen LogP contribution in [0.1, 0.15) is 6.92 Å². The molecule has 0 rings (SSSR count). The Kier molecular flexibility index (Phi) is 6.93. The molecule has 0 aliphatic rings. The van der Waals surface area contributed by atoms with Gasteiger partial charge in [0.1, 0.15) is 0 Å². The maximum absolute atomic E-state index is 11.4. The monoisotopic (exact) mass is 278 g/mol. The van der Waals surface area contributed by atoms with Crippen molar-refractivity contribution in [1.82, 2.24) is 0 Å². The van der Waals surface area contributed by atoms with Crippen LogP contribution in [0.15, 0.2) is 0 Å². The Morgan fingerprint density at radius 2 is 1.69 bits per heavy atom. The highest BCUT2D eigenvalue weighted by Crippen LogP contribution is 2.62. The first-order valence-electron chi connectivity index (χ1n) is 4.21. The highest BCUT2D eigenvalue weighted by atomic mass is 31.3. The van der Waals surface area contributed by atoms with E-state index >= 15 is 0 Å². The lowest BCUT2D eigenvalue weighted by Gasteiger charge is -2.18. The van der Waals surface area contributed by atoms with Crippen LogP contribution in [0.3, 0.4) is 0 Å². The van der Waals surface area contributed by atoms with E-state index in [2.05, 4.69) is 17.9 Å². The number of phosphoric ester groups is 2. The van der Waals surface area contributed by atoms with Gasteiger partial charge in [-0.1, -0.05) is 0 Å². The van der Waals surface area contributed by atoms with Crippen LogP contribution in [0.2, 0.25) is 0 Å². The molecule has 0 aromatic rings. The number of phosphoric acid groups is 2. The summed E-state index contributed by atoms with van der Waals surface area (Å²) in [4.78, 5) is 9.18. The van der Waals surface area contributed by atoms with Gasteiger partial charge in [0.2, 0.25) is 0 Å². The minimum atomic E-state index is -4.51. The number of hydrogen-bond acceptors (Lipinski definition) is 7. The second-order valence-electron chi connectivity index (χ2n) is 2.70. The van der Waals surface area contributed by atoms with Gasteiger partial charge < -0.3 is 9.63 Å². The summed E-state index contributed by atoms with van der Waals surface area (Å²) in [6, 6.07) is 0. The standard InChI is InChI=1S/C6H16O8P2/c1-6(10-2)5-13-15(7,8)14-16(9,11-3)12-4/h6H,5H2,1-4H3,(H,7,8)/t6-/m0/s1. The summed E-state index contributed by atoms with van der Waals surface area (Å²) in [5, 5.41) is 0. The fraction of sp³-hybridized carbons (Fsp3) is 1.00. The van der Waals surface area contributed by atoms with Crippen LogP contribution in [-0.4, -0.2) is 38.9 Å². The van der Waals surface area contributed by atoms with Crippen molar-refractivity contribution in [2.24, 2.45) is 0 Å². The van der Waals surface area contributed by atoms with Crippen molar-refractivity contribution in [3.8, 4) is 0 Å². The molecule has 0 amide bonds. The Labute approximate surface area is 94.0 Å². The lowest BCUT2D eigenvalue weighted by atomic mass is 10.4. The molecule has 0 aliphatic carbocycles. The average Bonchev–Trinajstić information content (AvgIpc) is 2.25. The predicted octanol–water partition coefficient (Wildman–Crippen LogP) is 1.56. The molecule has 0 spiro atoms. The Morgan fingerprint density at radius 3 is 2.06 bits per heavy atom. The molecule has 0 fully saturated rings. The first-order valence-corrected chi connectivity index (χ1v) is 7.17. The maximum atomic E-state index is 11.4. The fourth-order valence-electron chi connectivity index (χ4n) is 0.558. The summed E-state index contributed by atoms with van der Waals surface area (Å²) in [5.41, 5.74) is 0. The molecular formula is C6H16O8P2. The summed E-state index contributed by atoms with van der Waals surface area (Å²) in [7, 11) is -5.12. The van der Waals surface area contributed by atoms with Gasteiger partial charge in [-0.15, -0.1) is 0 Å². The molecule has 0 aromatic carbocycles. The molecule has 0 saturated heterocycles. The van der Waals surface area contributed by atoms with E-state index in [1.165, 1.54) is 7.11 Å². The van der Waals surface area contributed by atoms with E-state index in [-0.39, 0.29) is 6.61 Å². The van der Waals surface area contributed by atoms with Gasteiger partial charge in [-0.2, -0.15) is 4.31 Å². The fourth-order valence-corrected chi connectivity index (χ4v) is 2.84. The Bertz CT molecular complexity index is 284. The van der Waals surface area contributed by atoms with Crippen LogP contribution in [0.25, 0.3) is 0 Å². The van der Waals surface area contributed by atoms with Gasteiger partial charge >= 0.3 is 15.6 Å². The van der Waals surface area contributed by atoms with E-state index in [0.29, 0.717) is 0 Å². The van der Waals surface area contributed by atoms with Gasteiger partial charge in [0.15, 0.2) is 0 Å². The summed E-state index contributed by atoms with van der Waals surface area (Å²) < 4.78 is 44.9. The van der Waals surface area contributed by atoms with Gasteiger partial charge in [0, 0.05) is 21.3 Å². The first kappa shape index (κ1) is 16.2. The predicted molar refractivity (Wildman–Crippen MR) is 55.0 cm³/mol. The lowest BCUT2D eigenvalue weighted by Crippen LogP contribution is -2.13. The van der Waals surface area contributed by atoms with Crippen molar-refractivity contribution >= 4 is 15.6 Å². The quantitative estimate of drug-likeness (QED) is 0.667. The number of hydrogen-bond donors (Lipinski definition) is 1. The average molecular weight is 278 g/mol. The molecule has 0 aromatic heterocycles. The van der Waals surface area contributed by atoms with Crippen molar-refractivity contribution in [3.05, 3.63) is 0 Å². The molecular weight excluding hydrogens is 262 g/mol. The highest BCUT2D eigenvalue weighted by molar-refractivity contribution is 7.61. The van der Waals surface area contributed by atoms with Crippen molar-refractivity contribution in [3.63, 3.8) is 0 Å². The zero-order valence-electron chi connectivity index (χ0n) is 9.48. The molecule has 0 aliphatic heterocycles. The normalized spacial score (nSPS) is 18.1. The highest BCUT2D eigenvalue weighted by Gasteiger charge is 2.36. The van der Waals surface area contributed by atoms with Gasteiger partial charge in [0.25, 0.3) is 0 Å². The van der Waals surface area contributed by atoms with Crippen LogP contribution in [0.5, 0.6) is 0 Å². The third-order valence-corrected chi connectivity index (χ3v) is 4.52. The van der Waals surface area contributed by atoms with Gasteiger partial charge in [-0.3, -0.25) is 13.6 Å². The van der Waals surface area contributed by atoms with E-state index < -0.39 is 21.7 Å². The van der Waals surface area contributed by atoms with Crippen LogP contribution >= 0.6 is 15.6 Å². The molecule has 8 nitrogen and oxygen atoms in total. The summed E-state index contributed by atoms with van der Waals surface area (Å²) in [5.74, 6) is 0. The SMILES string of the molecule is CO[C@@H](C)COP(=O)(O)OP(=O)(OC)OC. The van der Waals surface area contributed by atoms with Crippen LogP contribution in [0.4, 0.5) is 0 Å². The van der Waals surface area contributed by atoms with Crippen LogP contribution in [0, 0.1) is 0 Å². The van der Waals surface area contributed by atoms with Crippen LogP contribution < -0.4 is 0 Å². The summed E-state index contributed by atoms with van der Waals surface area (Å²) >= 11 is 0. The molecule has 10 heteroatoms. The minimum Gasteiger partial charge on any atom is -0.379 e. The molecule has 0 saturated carbocycles. The maximum Gasteiger partial charge on any atom is 0.483 e. The number of rotatable bonds is 8. The number of methoxy groups -OCH3 is 1. The van der Waals surface area contributed by atoms with Crippen LogP contribution in [-0.2, 0) is 31.7 Å². The molecule has 0 radical (unpaired) electrons. The van der Waals surface area contributed by atoms with Gasteiger partial charge in [0.05, 0.1) is 12.7 Å². The van der Waals surface area contributed by atoms with E-state index in [1.54, 1.807) is 6.92 Å². The lowest BCUT2D eigenvalue weighted by molar-refractivity contribution is 0.0557. The molecule has 1 unspecified atom stereocenters. The topological polar surface area (TPSA) is 101 Å². The molecule has 0 bridgehead atoms. The van der Waals surface area contributed by atoms with Crippen molar-refractivity contribution in [2.45, 2.75) is 13.0 Å². The summed E-state index contributed by atoms with van der Waals surface area (Å²) in [6.07, 6.45) is -0.409. The third-order valence-electron chi connectivity index (χ3n) is 1.53. The molecule has 2 atom stereocenters. The largest absolute Gasteiger partial charge is 0.483 e. The van der Waals surface area contributed by atoms with E-state index in [1.807, 2.05) is 0 Å². The Balaban J connectivity index is 4.34. The second kappa shape index (κ2) is 6.83. The van der Waals surface area contributed by atoms with E-state index in [0.717, 1.165) is 14.2 Å². The second-order valence-corrected chi connectivity index (χ2v) is 6.18. The molecule has 98 valence electrons. The van der Waals surface area contributed by atoms with Gasteiger partial charge in [-0.05, 0) is 6.92 Å². The summed E-state index contributed by atoms with van der Waals surface area (Å²) in [6.45, 7) is 1.42. The zero-order valence-corrected chi connectivity index (χ0v) is 11.3. The van der Waals surface area contributed by atoms with Crippen molar-refractivity contribution in [1.29, 1.82) is 0 Å². The molecule has 0 heterocycles. The molecule has 16 heavy (non-hydrogen) atoms. The van der Waals surface area contributed by atoms with Gasteiger partial charge in [-0.25, -0.2) is 9.13 Å². The smallest absolute Gasteiger partial charge is 0.379 e. The van der Waals surface area contributed by atoms with Crippen molar-refractivity contribution in [2.75, 3.05) is 27.9 Å². The zero-order chi connectivity index (χ0) is 12.8. The Hall–Kier alpha value is 0.220. The number of ether oxygens (including phenoxy) is 1. The molecule has 1 N–H and O–H groups in total. The van der Waals surface area contributed by atoms with E-state index in [4.69, 9.17) is 4.74 Å². The minimum absolute atomic E-state index is 0.197. The van der Waals surface area contributed by atoms with E-state index in [9.17, 15) is 14.0 Å². The Morgan fingerprint density at radius 1 is 1.19 bits per heavy atom. The third kappa shape index (κ3) is 6.08. The van der Waals surface area contributed by atoms with Crippen molar-refractivity contribution < 1.29 is 36.6 Å².